The number of rotatable bonds is 5. The second-order valence-corrected chi connectivity index (χ2v) is 5.48. The summed E-state index contributed by atoms with van der Waals surface area (Å²) in [6.45, 7) is -0.823. The van der Waals surface area contributed by atoms with Gasteiger partial charge in [-0.25, -0.2) is 4.79 Å². The number of carbonyl (C=O) groups is 2. The van der Waals surface area contributed by atoms with Gasteiger partial charge in [-0.1, -0.05) is 11.6 Å². The van der Waals surface area contributed by atoms with Gasteiger partial charge >= 0.3 is 12.1 Å². The van der Waals surface area contributed by atoms with Crippen LogP contribution in [0, 0.1) is 0 Å². The summed E-state index contributed by atoms with van der Waals surface area (Å²) in [6, 6.07) is 4.18. The van der Waals surface area contributed by atoms with E-state index in [-0.39, 0.29) is 10.6 Å². The Morgan fingerprint density at radius 2 is 2.00 bits per heavy atom. The first-order valence-electron chi connectivity index (χ1n) is 6.99. The van der Waals surface area contributed by atoms with E-state index in [1.807, 2.05) is 0 Å². The van der Waals surface area contributed by atoms with E-state index in [1.165, 1.54) is 25.3 Å². The van der Waals surface area contributed by atoms with Gasteiger partial charge in [0.15, 0.2) is 12.3 Å². The Balaban J connectivity index is 2.18. The van der Waals surface area contributed by atoms with Crippen LogP contribution in [-0.4, -0.2) is 35.2 Å². The number of aromatic nitrogens is 2. The third-order valence-corrected chi connectivity index (χ3v) is 3.69. The summed E-state index contributed by atoms with van der Waals surface area (Å²) in [5.74, 6) is -2.25. The van der Waals surface area contributed by atoms with Gasteiger partial charge < -0.3 is 15.2 Å². The fraction of sp³-hybridized carbons (Fsp3) is 0.267. The second kappa shape index (κ2) is 7.24. The number of benzene rings is 1. The molecule has 0 spiro atoms. The molecule has 0 atom stereocenters. The zero-order chi connectivity index (χ0) is 19.6. The largest absolute Gasteiger partial charge is 0.497 e. The van der Waals surface area contributed by atoms with Crippen molar-refractivity contribution in [2.75, 3.05) is 19.5 Å². The smallest absolute Gasteiger partial charge is 0.436 e. The van der Waals surface area contributed by atoms with Gasteiger partial charge in [-0.3, -0.25) is 9.48 Å². The van der Waals surface area contributed by atoms with E-state index in [2.05, 4.69) is 9.84 Å². The number of esters is 1. The van der Waals surface area contributed by atoms with E-state index in [9.17, 15) is 22.8 Å². The molecule has 0 unspecified atom stereocenters. The first-order chi connectivity index (χ1) is 12.1. The fourth-order valence-electron chi connectivity index (χ4n) is 2.07. The molecule has 0 fully saturated rings. The van der Waals surface area contributed by atoms with E-state index >= 15 is 0 Å². The van der Waals surface area contributed by atoms with E-state index in [0.717, 1.165) is 7.05 Å². The van der Waals surface area contributed by atoms with Crippen LogP contribution in [0.4, 0.5) is 19.0 Å². The Hall–Kier alpha value is -2.75. The van der Waals surface area contributed by atoms with Crippen molar-refractivity contribution in [1.29, 1.82) is 0 Å². The molecule has 2 N–H and O–H groups in total. The average Bonchev–Trinajstić information content (AvgIpc) is 2.87. The molecule has 26 heavy (non-hydrogen) atoms. The predicted octanol–water partition coefficient (Wildman–Crippen LogP) is 2.72. The van der Waals surface area contributed by atoms with Crippen LogP contribution in [0.2, 0.25) is 5.02 Å². The normalized spacial score (nSPS) is 11.3. The molecule has 0 saturated carbocycles. The lowest BCUT2D eigenvalue weighted by Crippen LogP contribution is -2.19. The van der Waals surface area contributed by atoms with Crippen LogP contribution < -0.4 is 10.5 Å². The highest BCUT2D eigenvalue weighted by atomic mass is 35.5. The van der Waals surface area contributed by atoms with Crippen LogP contribution in [0.3, 0.4) is 0 Å². The van der Waals surface area contributed by atoms with Crippen molar-refractivity contribution >= 4 is 29.2 Å². The Bertz CT molecular complexity index is 865. The first kappa shape index (κ1) is 19.6. The molecular weight excluding hydrogens is 379 g/mol. The van der Waals surface area contributed by atoms with Crippen molar-refractivity contribution in [2.45, 2.75) is 6.18 Å². The molecule has 0 aliphatic heterocycles. The molecule has 0 aliphatic rings. The lowest BCUT2D eigenvalue weighted by atomic mass is 10.1. The zero-order valence-corrected chi connectivity index (χ0v) is 14.3. The maximum Gasteiger partial charge on any atom is 0.436 e. The monoisotopic (exact) mass is 391 g/mol. The van der Waals surface area contributed by atoms with E-state index in [0.29, 0.717) is 10.4 Å². The molecule has 0 amide bonds. The molecule has 1 heterocycles. The van der Waals surface area contributed by atoms with Gasteiger partial charge in [0.2, 0.25) is 5.78 Å². The first-order valence-corrected chi connectivity index (χ1v) is 7.37. The van der Waals surface area contributed by atoms with Gasteiger partial charge in [0, 0.05) is 12.6 Å². The van der Waals surface area contributed by atoms with Crippen molar-refractivity contribution in [2.24, 2.45) is 7.05 Å². The Kier molecular flexibility index (Phi) is 5.45. The summed E-state index contributed by atoms with van der Waals surface area (Å²) in [6.07, 6.45) is -4.91. The number of ether oxygens (including phenoxy) is 2. The van der Waals surface area contributed by atoms with Gasteiger partial charge in [-0.15, -0.1) is 0 Å². The van der Waals surface area contributed by atoms with Crippen LogP contribution in [-0.2, 0) is 18.0 Å². The second-order valence-electron chi connectivity index (χ2n) is 5.08. The highest BCUT2D eigenvalue weighted by Gasteiger charge is 2.41. The van der Waals surface area contributed by atoms with Crippen LogP contribution in [0.25, 0.3) is 0 Å². The molecule has 0 saturated heterocycles. The minimum atomic E-state index is -4.91. The lowest BCUT2D eigenvalue weighted by Gasteiger charge is -2.08. The number of Topliss-reactive ketones (excluding diaryl/α,β-unsaturated/α-hetero) is 1. The maximum atomic E-state index is 13.0. The van der Waals surface area contributed by atoms with Crippen molar-refractivity contribution in [3.8, 4) is 5.75 Å². The molecule has 140 valence electrons. The fourth-order valence-corrected chi connectivity index (χ4v) is 2.34. The minimum absolute atomic E-state index is 0.0236. The number of halogens is 4. The summed E-state index contributed by atoms with van der Waals surface area (Å²) < 4.78 is 49.2. The number of ketones is 1. The quantitative estimate of drug-likeness (QED) is 0.622. The molecule has 1 aromatic carbocycles. The van der Waals surface area contributed by atoms with Gasteiger partial charge in [0.05, 0.1) is 12.1 Å². The van der Waals surface area contributed by atoms with Gasteiger partial charge in [0.25, 0.3) is 0 Å². The molecule has 11 heteroatoms. The SMILES string of the molecule is COc1ccc(C(=O)COC(=O)c2c(C(F)(F)F)nn(C)c2N)c(Cl)c1. The van der Waals surface area contributed by atoms with Crippen molar-refractivity contribution in [3.63, 3.8) is 0 Å². The van der Waals surface area contributed by atoms with Crippen LogP contribution in [0.15, 0.2) is 18.2 Å². The molecule has 0 aliphatic carbocycles. The number of anilines is 1. The predicted molar refractivity (Wildman–Crippen MR) is 85.2 cm³/mol. The number of alkyl halides is 3. The third kappa shape index (κ3) is 3.90. The van der Waals surface area contributed by atoms with Gasteiger partial charge in [-0.05, 0) is 18.2 Å². The van der Waals surface area contributed by atoms with Crippen LogP contribution in [0.1, 0.15) is 26.4 Å². The lowest BCUT2D eigenvalue weighted by molar-refractivity contribution is -0.142. The standard InChI is InChI=1S/C15H13ClF3N3O4/c1-22-13(20)11(12(21-22)15(17,18)19)14(24)26-6-10(23)8-4-3-7(25-2)5-9(8)16/h3-5H,6,20H2,1-2H3. The third-order valence-electron chi connectivity index (χ3n) is 3.38. The highest BCUT2D eigenvalue weighted by Crippen LogP contribution is 2.33. The Labute approximate surface area is 150 Å². The number of aryl methyl sites for hydroxylation is 1. The number of carbonyl (C=O) groups excluding carboxylic acids is 2. The zero-order valence-electron chi connectivity index (χ0n) is 13.6. The number of hydrogen-bond donors (Lipinski definition) is 1. The van der Waals surface area contributed by atoms with Crippen LogP contribution in [0.5, 0.6) is 5.75 Å². The summed E-state index contributed by atoms with van der Waals surface area (Å²) >= 11 is 5.93. The maximum absolute atomic E-state index is 13.0. The molecule has 0 radical (unpaired) electrons. The Morgan fingerprint density at radius 1 is 1.35 bits per heavy atom. The van der Waals surface area contributed by atoms with E-state index in [1.54, 1.807) is 0 Å². The number of nitrogen functional groups attached to an aromatic ring is 1. The van der Waals surface area contributed by atoms with Crippen molar-refractivity contribution in [1.82, 2.24) is 9.78 Å². The van der Waals surface area contributed by atoms with E-state index < -0.39 is 41.6 Å². The topological polar surface area (TPSA) is 96.4 Å². The number of methoxy groups -OCH3 is 1. The average molecular weight is 392 g/mol. The van der Waals surface area contributed by atoms with E-state index in [4.69, 9.17) is 22.1 Å². The molecule has 7 nitrogen and oxygen atoms in total. The van der Waals surface area contributed by atoms with Crippen molar-refractivity contribution < 1.29 is 32.2 Å². The number of nitrogens with two attached hydrogens (primary N) is 1. The summed E-state index contributed by atoms with van der Waals surface area (Å²) in [4.78, 5) is 24.1. The molecular formula is C15H13ClF3N3O4. The number of hydrogen-bond acceptors (Lipinski definition) is 6. The summed E-state index contributed by atoms with van der Waals surface area (Å²) in [5.41, 5.74) is 3.04. The molecule has 2 aromatic rings. The van der Waals surface area contributed by atoms with Crippen molar-refractivity contribution in [3.05, 3.63) is 40.0 Å². The summed E-state index contributed by atoms with van der Waals surface area (Å²) in [5, 5.41) is 3.21. The minimum Gasteiger partial charge on any atom is -0.497 e. The van der Waals surface area contributed by atoms with Gasteiger partial charge in [-0.2, -0.15) is 18.3 Å². The summed E-state index contributed by atoms with van der Waals surface area (Å²) in [7, 11) is 2.55. The van der Waals surface area contributed by atoms with Crippen LogP contribution >= 0.6 is 11.6 Å². The molecule has 2 rings (SSSR count). The Morgan fingerprint density at radius 3 is 2.54 bits per heavy atom. The highest BCUT2D eigenvalue weighted by molar-refractivity contribution is 6.34. The molecule has 1 aromatic heterocycles. The molecule has 0 bridgehead atoms. The van der Waals surface area contributed by atoms with Gasteiger partial charge in [0.1, 0.15) is 17.1 Å². The number of nitrogens with zero attached hydrogens (tertiary/aromatic N) is 2.